The van der Waals surface area contributed by atoms with Crippen molar-refractivity contribution in [2.45, 2.75) is 13.8 Å². The van der Waals surface area contributed by atoms with E-state index in [4.69, 9.17) is 12.2 Å². The van der Waals surface area contributed by atoms with Crippen molar-refractivity contribution in [3.8, 4) is 28.6 Å². The number of hydrogen-bond donors (Lipinski definition) is 3. The van der Waals surface area contributed by atoms with Crippen LogP contribution in [0.4, 0.5) is 0 Å². The monoisotopic (exact) mass is 313 g/mol. The van der Waals surface area contributed by atoms with Gasteiger partial charge in [0.1, 0.15) is 11.5 Å². The van der Waals surface area contributed by atoms with E-state index in [0.29, 0.717) is 16.3 Å². The molecule has 1 heterocycles. The molecule has 2 aromatic carbocycles. The molecular formula is C16H15N3O2S. The van der Waals surface area contributed by atoms with Crippen molar-refractivity contribution in [3.63, 3.8) is 0 Å². The zero-order valence-corrected chi connectivity index (χ0v) is 13.0. The van der Waals surface area contributed by atoms with E-state index < -0.39 is 0 Å². The molecule has 3 N–H and O–H groups in total. The van der Waals surface area contributed by atoms with Gasteiger partial charge in [-0.25, -0.2) is 0 Å². The summed E-state index contributed by atoms with van der Waals surface area (Å²) in [5.41, 5.74) is 3.02. The Morgan fingerprint density at radius 2 is 1.86 bits per heavy atom. The third-order valence-electron chi connectivity index (χ3n) is 3.58. The number of nitrogens with one attached hydrogen (secondary N) is 1. The van der Waals surface area contributed by atoms with Crippen molar-refractivity contribution in [1.29, 1.82) is 0 Å². The van der Waals surface area contributed by atoms with E-state index in [-0.39, 0.29) is 11.5 Å². The Morgan fingerprint density at radius 1 is 1.09 bits per heavy atom. The first kappa shape index (κ1) is 14.3. The Labute approximate surface area is 132 Å². The van der Waals surface area contributed by atoms with Crippen molar-refractivity contribution in [3.05, 3.63) is 52.3 Å². The Kier molecular flexibility index (Phi) is 3.46. The number of H-pyrrole nitrogens is 1. The molecule has 112 valence electrons. The first-order valence-corrected chi connectivity index (χ1v) is 7.16. The number of aromatic nitrogens is 3. The summed E-state index contributed by atoms with van der Waals surface area (Å²) in [4.78, 5) is 0. The van der Waals surface area contributed by atoms with Crippen molar-refractivity contribution in [2.24, 2.45) is 0 Å². The summed E-state index contributed by atoms with van der Waals surface area (Å²) in [5.74, 6) is 0.946. The number of benzene rings is 2. The molecule has 0 unspecified atom stereocenters. The van der Waals surface area contributed by atoms with Crippen LogP contribution in [0.3, 0.4) is 0 Å². The quantitative estimate of drug-likeness (QED) is 0.632. The van der Waals surface area contributed by atoms with E-state index >= 15 is 0 Å². The molecule has 0 aliphatic rings. The molecule has 0 aliphatic carbocycles. The highest BCUT2D eigenvalue weighted by molar-refractivity contribution is 7.71. The molecule has 5 nitrogen and oxygen atoms in total. The average molecular weight is 313 g/mol. The van der Waals surface area contributed by atoms with Crippen LogP contribution in [0.2, 0.25) is 0 Å². The molecule has 0 radical (unpaired) electrons. The third kappa shape index (κ3) is 2.27. The third-order valence-corrected chi connectivity index (χ3v) is 3.85. The van der Waals surface area contributed by atoms with Crippen LogP contribution in [0.1, 0.15) is 11.1 Å². The second-order valence-electron chi connectivity index (χ2n) is 5.13. The SMILES string of the molecule is Cc1cc(O)ccc1-c1n[nH]c(=S)n1-c1cccc(C)c1O. The summed E-state index contributed by atoms with van der Waals surface area (Å²) in [6.07, 6.45) is 0. The molecule has 0 aliphatic heterocycles. The minimum absolute atomic E-state index is 0.165. The highest BCUT2D eigenvalue weighted by Gasteiger charge is 2.16. The normalized spacial score (nSPS) is 10.8. The lowest BCUT2D eigenvalue weighted by Gasteiger charge is -2.12. The number of para-hydroxylation sites is 1. The highest BCUT2D eigenvalue weighted by atomic mass is 32.1. The predicted octanol–water partition coefficient (Wildman–Crippen LogP) is 3.62. The largest absolute Gasteiger partial charge is 0.508 e. The predicted molar refractivity (Wildman–Crippen MR) is 87.0 cm³/mol. The van der Waals surface area contributed by atoms with E-state index in [2.05, 4.69) is 10.2 Å². The molecule has 1 aromatic heterocycles. The molecule has 22 heavy (non-hydrogen) atoms. The maximum Gasteiger partial charge on any atom is 0.200 e. The van der Waals surface area contributed by atoms with Gasteiger partial charge in [-0.1, -0.05) is 12.1 Å². The fourth-order valence-electron chi connectivity index (χ4n) is 2.42. The number of hydrogen-bond acceptors (Lipinski definition) is 4. The summed E-state index contributed by atoms with van der Waals surface area (Å²) >= 11 is 5.31. The summed E-state index contributed by atoms with van der Waals surface area (Å²) in [5, 5.41) is 26.9. The minimum Gasteiger partial charge on any atom is -0.508 e. The first-order chi connectivity index (χ1) is 10.5. The highest BCUT2D eigenvalue weighted by Crippen LogP contribution is 2.31. The Morgan fingerprint density at radius 3 is 2.59 bits per heavy atom. The van der Waals surface area contributed by atoms with Gasteiger partial charge >= 0.3 is 0 Å². The average Bonchev–Trinajstić information content (AvgIpc) is 2.84. The van der Waals surface area contributed by atoms with Crippen LogP contribution in [0.5, 0.6) is 11.5 Å². The summed E-state index contributed by atoms with van der Waals surface area (Å²) in [7, 11) is 0. The topological polar surface area (TPSA) is 74.1 Å². The number of phenolic OH excluding ortho intramolecular Hbond substituents is 2. The summed E-state index contributed by atoms with van der Waals surface area (Å²) < 4.78 is 2.08. The van der Waals surface area contributed by atoms with E-state index in [1.807, 2.05) is 26.0 Å². The second-order valence-corrected chi connectivity index (χ2v) is 5.52. The van der Waals surface area contributed by atoms with Crippen LogP contribution in [-0.4, -0.2) is 25.0 Å². The lowest BCUT2D eigenvalue weighted by molar-refractivity contribution is 0.468. The number of aromatic amines is 1. The van der Waals surface area contributed by atoms with Gasteiger partial charge < -0.3 is 10.2 Å². The van der Waals surface area contributed by atoms with Gasteiger partial charge in [0.05, 0.1) is 5.69 Å². The van der Waals surface area contributed by atoms with E-state index in [1.165, 1.54) is 0 Å². The molecule has 0 bridgehead atoms. The smallest absolute Gasteiger partial charge is 0.200 e. The molecule has 0 saturated carbocycles. The van der Waals surface area contributed by atoms with Gasteiger partial charge in [0, 0.05) is 5.56 Å². The molecule has 0 atom stereocenters. The van der Waals surface area contributed by atoms with Gasteiger partial charge in [0.25, 0.3) is 0 Å². The maximum atomic E-state index is 10.3. The zero-order valence-electron chi connectivity index (χ0n) is 12.2. The van der Waals surface area contributed by atoms with Crippen molar-refractivity contribution < 1.29 is 10.2 Å². The second kappa shape index (κ2) is 5.31. The number of nitrogens with zero attached hydrogens (tertiary/aromatic N) is 2. The van der Waals surface area contributed by atoms with E-state index in [0.717, 1.165) is 16.7 Å². The van der Waals surface area contributed by atoms with E-state index in [9.17, 15) is 10.2 Å². The van der Waals surface area contributed by atoms with Crippen LogP contribution in [0, 0.1) is 18.6 Å². The molecule has 6 heteroatoms. The van der Waals surface area contributed by atoms with Crippen LogP contribution < -0.4 is 0 Å². The summed E-state index contributed by atoms with van der Waals surface area (Å²) in [6.45, 7) is 3.71. The van der Waals surface area contributed by atoms with Crippen molar-refractivity contribution >= 4 is 12.2 Å². The number of aromatic hydroxyl groups is 2. The van der Waals surface area contributed by atoms with Crippen molar-refractivity contribution in [2.75, 3.05) is 0 Å². The fourth-order valence-corrected chi connectivity index (χ4v) is 2.65. The summed E-state index contributed by atoms with van der Waals surface area (Å²) in [6, 6.07) is 10.5. The van der Waals surface area contributed by atoms with Gasteiger partial charge in [-0.05, 0) is 61.5 Å². The van der Waals surface area contributed by atoms with Gasteiger partial charge in [-0.15, -0.1) is 0 Å². The van der Waals surface area contributed by atoms with Gasteiger partial charge in [-0.3, -0.25) is 9.67 Å². The lowest BCUT2D eigenvalue weighted by Crippen LogP contribution is -2.00. The fraction of sp³-hybridized carbons (Fsp3) is 0.125. The lowest BCUT2D eigenvalue weighted by atomic mass is 10.1. The molecule has 3 rings (SSSR count). The zero-order chi connectivity index (χ0) is 15.9. The first-order valence-electron chi connectivity index (χ1n) is 6.75. The molecule has 0 amide bonds. The van der Waals surface area contributed by atoms with E-state index in [1.54, 1.807) is 28.8 Å². The molecular weight excluding hydrogens is 298 g/mol. The maximum absolute atomic E-state index is 10.3. The Hall–Kier alpha value is -2.60. The standard InChI is InChI=1S/C16H15N3O2S/c1-9-4-3-5-13(14(9)21)19-15(17-18-16(19)22)12-7-6-11(20)8-10(12)2/h3-8,20-21H,1-2H3,(H,18,22). The van der Waals surface area contributed by atoms with Gasteiger partial charge in [0.2, 0.25) is 0 Å². The Bertz CT molecular complexity index is 912. The number of rotatable bonds is 2. The molecule has 0 fully saturated rings. The molecule has 0 spiro atoms. The minimum atomic E-state index is 0.165. The molecule has 3 aromatic rings. The van der Waals surface area contributed by atoms with Gasteiger partial charge in [-0.2, -0.15) is 5.10 Å². The number of phenols is 2. The van der Waals surface area contributed by atoms with Crippen LogP contribution in [-0.2, 0) is 0 Å². The van der Waals surface area contributed by atoms with Crippen LogP contribution in [0.25, 0.3) is 17.1 Å². The number of aryl methyl sites for hydroxylation is 2. The Balaban J connectivity index is 2.29. The molecule has 0 saturated heterocycles. The van der Waals surface area contributed by atoms with Crippen LogP contribution in [0.15, 0.2) is 36.4 Å². The van der Waals surface area contributed by atoms with Gasteiger partial charge in [0.15, 0.2) is 10.6 Å². The van der Waals surface area contributed by atoms with Crippen molar-refractivity contribution in [1.82, 2.24) is 14.8 Å². The van der Waals surface area contributed by atoms with Crippen LogP contribution >= 0.6 is 12.2 Å².